The molecule has 1 aliphatic rings. The number of carboxylic acids is 1. The van der Waals surface area contributed by atoms with E-state index in [1.165, 1.54) is 6.92 Å². The van der Waals surface area contributed by atoms with E-state index in [1.54, 1.807) is 30.3 Å². The highest BCUT2D eigenvalue weighted by molar-refractivity contribution is 5.98. The maximum atomic E-state index is 14.4. The number of pyridine rings is 1. The smallest absolute Gasteiger partial charge is 0.475 e. The van der Waals surface area contributed by atoms with Crippen LogP contribution in [0.4, 0.5) is 17.6 Å². The molecule has 1 amide bonds. The summed E-state index contributed by atoms with van der Waals surface area (Å²) in [6.45, 7) is 2.06. The quantitative estimate of drug-likeness (QED) is 0.402. The number of H-pyrrole nitrogens is 1. The monoisotopic (exact) mass is 463 g/mol. The molecule has 4 rings (SSSR count). The molecule has 0 saturated carbocycles. The van der Waals surface area contributed by atoms with E-state index in [0.29, 0.717) is 41.0 Å². The number of halogens is 4. The second kappa shape index (κ2) is 9.23. The zero-order valence-corrected chi connectivity index (χ0v) is 17.1. The molecule has 0 spiro atoms. The molecule has 0 aliphatic carbocycles. The molecule has 7 nitrogen and oxygen atoms in total. The second-order valence-corrected chi connectivity index (χ2v) is 7.07. The van der Waals surface area contributed by atoms with Crippen molar-refractivity contribution in [2.75, 3.05) is 6.54 Å². The molecule has 11 heteroatoms. The van der Waals surface area contributed by atoms with Crippen molar-refractivity contribution < 1.29 is 37.1 Å². The molecule has 0 fully saturated rings. The van der Waals surface area contributed by atoms with Gasteiger partial charge >= 0.3 is 12.1 Å². The number of ketones is 1. The molecule has 0 saturated heterocycles. The van der Waals surface area contributed by atoms with Gasteiger partial charge in [-0.25, -0.2) is 9.18 Å². The van der Waals surface area contributed by atoms with Crippen LogP contribution in [0.25, 0.3) is 22.5 Å². The third-order valence-corrected chi connectivity index (χ3v) is 4.76. The number of aliphatic carboxylic acids is 1. The molecule has 1 aliphatic heterocycles. The van der Waals surface area contributed by atoms with Crippen molar-refractivity contribution >= 4 is 17.7 Å². The number of fused-ring (bicyclic) bond motifs is 1. The predicted molar refractivity (Wildman–Crippen MR) is 109 cm³/mol. The number of benzene rings is 1. The third kappa shape index (κ3) is 5.43. The predicted octanol–water partition coefficient (Wildman–Crippen LogP) is 4.00. The first-order valence-corrected chi connectivity index (χ1v) is 9.55. The van der Waals surface area contributed by atoms with Crippen molar-refractivity contribution in [3.05, 3.63) is 65.2 Å². The third-order valence-electron chi connectivity index (χ3n) is 4.76. The molecule has 3 heterocycles. The number of nitrogens with zero attached hydrogens (tertiary/aromatic N) is 1. The van der Waals surface area contributed by atoms with Crippen LogP contribution in [0.15, 0.2) is 42.6 Å². The van der Waals surface area contributed by atoms with Gasteiger partial charge in [0.25, 0.3) is 5.91 Å². The fourth-order valence-corrected chi connectivity index (χ4v) is 3.14. The van der Waals surface area contributed by atoms with Crippen molar-refractivity contribution in [1.29, 1.82) is 0 Å². The number of Topliss-reactive ketones (excluding diaryl/α,β-unsaturated/α-hetero) is 1. The van der Waals surface area contributed by atoms with E-state index in [4.69, 9.17) is 9.90 Å². The molecule has 0 unspecified atom stereocenters. The topological polar surface area (TPSA) is 112 Å². The van der Waals surface area contributed by atoms with Crippen LogP contribution in [0.5, 0.6) is 0 Å². The summed E-state index contributed by atoms with van der Waals surface area (Å²) in [6, 6.07) is 10.4. The minimum absolute atomic E-state index is 0.0442. The molecule has 0 atom stereocenters. The van der Waals surface area contributed by atoms with Gasteiger partial charge in [0.15, 0.2) is 11.6 Å². The number of aromatic nitrogens is 2. The molecule has 172 valence electrons. The van der Waals surface area contributed by atoms with Gasteiger partial charge in [-0.15, -0.1) is 0 Å². The van der Waals surface area contributed by atoms with Crippen LogP contribution in [-0.2, 0) is 11.2 Å². The summed E-state index contributed by atoms with van der Waals surface area (Å²) in [5.41, 5.74) is 4.08. The molecule has 0 bridgehead atoms. The van der Waals surface area contributed by atoms with Gasteiger partial charge in [0, 0.05) is 41.0 Å². The van der Waals surface area contributed by atoms with E-state index in [1.807, 2.05) is 6.07 Å². The Labute approximate surface area is 184 Å². The average molecular weight is 463 g/mol. The number of hydrogen-bond acceptors (Lipinski definition) is 4. The molecule has 3 aromatic rings. The van der Waals surface area contributed by atoms with Crippen molar-refractivity contribution in [3.8, 4) is 22.5 Å². The number of nitrogens with one attached hydrogen (secondary N) is 2. The van der Waals surface area contributed by atoms with Crippen LogP contribution in [0.3, 0.4) is 0 Å². The Kier molecular flexibility index (Phi) is 6.61. The number of rotatable bonds is 3. The summed E-state index contributed by atoms with van der Waals surface area (Å²) in [5.74, 6) is -3.43. The Morgan fingerprint density at radius 3 is 2.42 bits per heavy atom. The highest BCUT2D eigenvalue weighted by atomic mass is 19.4. The second-order valence-electron chi connectivity index (χ2n) is 7.07. The van der Waals surface area contributed by atoms with Crippen LogP contribution < -0.4 is 5.32 Å². The van der Waals surface area contributed by atoms with E-state index in [9.17, 15) is 27.2 Å². The Hall–Kier alpha value is -4.02. The van der Waals surface area contributed by atoms with Crippen LogP contribution in [0.2, 0.25) is 0 Å². The van der Waals surface area contributed by atoms with E-state index in [2.05, 4.69) is 15.3 Å². The normalized spacial score (nSPS) is 12.8. The van der Waals surface area contributed by atoms with Crippen molar-refractivity contribution in [3.63, 3.8) is 0 Å². The van der Waals surface area contributed by atoms with Gasteiger partial charge in [0.2, 0.25) is 0 Å². The first kappa shape index (κ1) is 23.6. The van der Waals surface area contributed by atoms with Gasteiger partial charge in [0.05, 0.1) is 17.5 Å². The van der Waals surface area contributed by atoms with E-state index in [0.717, 1.165) is 17.5 Å². The minimum Gasteiger partial charge on any atom is -0.475 e. The van der Waals surface area contributed by atoms with Crippen LogP contribution in [-0.4, -0.2) is 45.5 Å². The lowest BCUT2D eigenvalue weighted by molar-refractivity contribution is -0.192. The number of amides is 1. The Balaban J connectivity index is 0.000000383. The van der Waals surface area contributed by atoms with Crippen molar-refractivity contribution in [1.82, 2.24) is 15.3 Å². The summed E-state index contributed by atoms with van der Waals surface area (Å²) in [6.07, 6.45) is -3.24. The first-order valence-electron chi connectivity index (χ1n) is 9.55. The summed E-state index contributed by atoms with van der Waals surface area (Å²) >= 11 is 0. The first-order chi connectivity index (χ1) is 15.5. The Morgan fingerprint density at radius 1 is 1.12 bits per heavy atom. The Morgan fingerprint density at radius 2 is 1.82 bits per heavy atom. The van der Waals surface area contributed by atoms with Gasteiger partial charge in [-0.3, -0.25) is 14.6 Å². The van der Waals surface area contributed by atoms with E-state index in [-0.39, 0.29) is 11.7 Å². The molecular formula is C22H17F4N3O4. The highest BCUT2D eigenvalue weighted by Gasteiger charge is 2.38. The van der Waals surface area contributed by atoms with E-state index >= 15 is 0 Å². The number of carbonyl (C=O) groups excluding carboxylic acids is 2. The van der Waals surface area contributed by atoms with Gasteiger partial charge in [0.1, 0.15) is 0 Å². The molecule has 1 aromatic carbocycles. The number of alkyl halides is 3. The zero-order chi connectivity index (χ0) is 24.3. The summed E-state index contributed by atoms with van der Waals surface area (Å²) < 4.78 is 46.1. The van der Waals surface area contributed by atoms with Crippen LogP contribution in [0, 0.1) is 5.82 Å². The molecule has 3 N–H and O–H groups in total. The number of aromatic amines is 1. The van der Waals surface area contributed by atoms with Gasteiger partial charge in [-0.05, 0) is 25.1 Å². The lowest BCUT2D eigenvalue weighted by Crippen LogP contribution is -2.31. The summed E-state index contributed by atoms with van der Waals surface area (Å²) in [7, 11) is 0. The lowest BCUT2D eigenvalue weighted by Gasteiger charge is -2.11. The standard InChI is InChI=1S/C20H16FN3O2.C2HF3O2/c1-11(25)12-3-2-4-13(7-12)18-8-14(16(21)10-23-18)19-9-15-17(24-19)5-6-22-20(15)26;3-2(4,5)1(6)7/h2-4,7-10,24H,5-6H2,1H3,(H,22,26);(H,6,7). The summed E-state index contributed by atoms with van der Waals surface area (Å²) in [4.78, 5) is 39.7. The lowest BCUT2D eigenvalue weighted by atomic mass is 10.0. The SMILES string of the molecule is CC(=O)c1cccc(-c2cc(-c3cc4c([nH]3)CCNC4=O)c(F)cn2)c1.O=C(O)C(F)(F)F. The fourth-order valence-electron chi connectivity index (χ4n) is 3.14. The van der Waals surface area contributed by atoms with Gasteiger partial charge in [-0.1, -0.05) is 18.2 Å². The highest BCUT2D eigenvalue weighted by Crippen LogP contribution is 2.29. The van der Waals surface area contributed by atoms with Gasteiger partial charge < -0.3 is 15.4 Å². The molecule has 0 radical (unpaired) electrons. The van der Waals surface area contributed by atoms with E-state index < -0.39 is 18.0 Å². The minimum atomic E-state index is -5.08. The summed E-state index contributed by atoms with van der Waals surface area (Å²) in [5, 5.41) is 9.90. The van der Waals surface area contributed by atoms with Crippen LogP contribution >= 0.6 is 0 Å². The number of carboxylic acid groups (broad SMARTS) is 1. The molecule has 2 aromatic heterocycles. The Bertz CT molecular complexity index is 1230. The van der Waals surface area contributed by atoms with Gasteiger partial charge in [-0.2, -0.15) is 13.2 Å². The number of hydrogen-bond donors (Lipinski definition) is 3. The fraction of sp³-hybridized carbons (Fsp3) is 0.182. The molecule has 33 heavy (non-hydrogen) atoms. The zero-order valence-electron chi connectivity index (χ0n) is 17.1. The maximum absolute atomic E-state index is 14.4. The average Bonchev–Trinajstić information content (AvgIpc) is 3.19. The van der Waals surface area contributed by atoms with Crippen LogP contribution in [0.1, 0.15) is 33.3 Å². The van der Waals surface area contributed by atoms with Crippen molar-refractivity contribution in [2.24, 2.45) is 0 Å². The van der Waals surface area contributed by atoms with Crippen molar-refractivity contribution in [2.45, 2.75) is 19.5 Å². The largest absolute Gasteiger partial charge is 0.490 e. The molecular weight excluding hydrogens is 446 g/mol. The maximum Gasteiger partial charge on any atom is 0.490 e. The number of carbonyl (C=O) groups is 3.